The van der Waals surface area contributed by atoms with Crippen LogP contribution >= 0.6 is 0 Å². The number of hydrogen-bond acceptors (Lipinski definition) is 4. The Morgan fingerprint density at radius 3 is 2.56 bits per heavy atom. The van der Waals surface area contributed by atoms with E-state index in [0.29, 0.717) is 13.2 Å². The summed E-state index contributed by atoms with van der Waals surface area (Å²) in [6.45, 7) is 3.26. The second-order valence-corrected chi connectivity index (χ2v) is 4.93. The standard InChI is InChI=1S/C14H21NO3/c1-17-13-4-2-12(3-5-13)6-7-15-8-14(9-16)10-18-11-14/h2-5,15-16H,6-11H2,1H3. The maximum atomic E-state index is 9.28. The van der Waals surface area contributed by atoms with Gasteiger partial charge >= 0.3 is 0 Å². The van der Waals surface area contributed by atoms with Crippen molar-refractivity contribution in [1.82, 2.24) is 5.32 Å². The summed E-state index contributed by atoms with van der Waals surface area (Å²) < 4.78 is 10.3. The summed E-state index contributed by atoms with van der Waals surface area (Å²) >= 11 is 0. The predicted octanol–water partition coefficient (Wildman–Crippen LogP) is 0.836. The fourth-order valence-corrected chi connectivity index (χ4v) is 2.02. The topological polar surface area (TPSA) is 50.7 Å². The summed E-state index contributed by atoms with van der Waals surface area (Å²) in [6.07, 6.45) is 0.979. The van der Waals surface area contributed by atoms with Crippen LogP contribution in [0.4, 0.5) is 0 Å². The number of rotatable bonds is 7. The van der Waals surface area contributed by atoms with E-state index >= 15 is 0 Å². The zero-order valence-electron chi connectivity index (χ0n) is 10.8. The van der Waals surface area contributed by atoms with Gasteiger partial charge in [0.05, 0.1) is 32.3 Å². The van der Waals surface area contributed by atoms with E-state index in [-0.39, 0.29) is 12.0 Å². The molecule has 0 saturated carbocycles. The van der Waals surface area contributed by atoms with Gasteiger partial charge in [-0.2, -0.15) is 0 Å². The monoisotopic (exact) mass is 251 g/mol. The van der Waals surface area contributed by atoms with Crippen LogP contribution in [0.15, 0.2) is 24.3 Å². The molecule has 1 saturated heterocycles. The van der Waals surface area contributed by atoms with Crippen LogP contribution in [-0.2, 0) is 11.2 Å². The Bertz CT molecular complexity index is 354. The fourth-order valence-electron chi connectivity index (χ4n) is 2.02. The largest absolute Gasteiger partial charge is 0.497 e. The molecular formula is C14H21NO3. The van der Waals surface area contributed by atoms with Crippen molar-refractivity contribution in [2.24, 2.45) is 5.41 Å². The van der Waals surface area contributed by atoms with Crippen molar-refractivity contribution in [2.45, 2.75) is 6.42 Å². The highest BCUT2D eigenvalue weighted by atomic mass is 16.5. The SMILES string of the molecule is COc1ccc(CCNCC2(CO)COC2)cc1. The van der Waals surface area contributed by atoms with Crippen molar-refractivity contribution in [3.05, 3.63) is 29.8 Å². The lowest BCUT2D eigenvalue weighted by Gasteiger charge is -2.40. The zero-order chi connectivity index (χ0) is 12.8. The number of methoxy groups -OCH3 is 1. The van der Waals surface area contributed by atoms with Crippen molar-refractivity contribution >= 4 is 0 Å². The van der Waals surface area contributed by atoms with Gasteiger partial charge in [0.1, 0.15) is 5.75 Å². The Morgan fingerprint density at radius 2 is 2.06 bits per heavy atom. The van der Waals surface area contributed by atoms with Gasteiger partial charge in [-0.3, -0.25) is 0 Å². The molecule has 0 aromatic heterocycles. The quantitative estimate of drug-likeness (QED) is 0.705. The van der Waals surface area contributed by atoms with Crippen LogP contribution in [0.1, 0.15) is 5.56 Å². The Hall–Kier alpha value is -1.10. The zero-order valence-corrected chi connectivity index (χ0v) is 10.8. The lowest BCUT2D eigenvalue weighted by molar-refractivity contribution is -0.134. The van der Waals surface area contributed by atoms with Gasteiger partial charge in [0, 0.05) is 6.54 Å². The molecule has 0 atom stereocenters. The minimum Gasteiger partial charge on any atom is -0.497 e. The molecule has 0 aliphatic carbocycles. The maximum Gasteiger partial charge on any atom is 0.118 e. The van der Waals surface area contributed by atoms with Crippen LogP contribution in [0.2, 0.25) is 0 Å². The third kappa shape index (κ3) is 3.22. The van der Waals surface area contributed by atoms with E-state index in [1.54, 1.807) is 7.11 Å². The van der Waals surface area contributed by atoms with Crippen molar-refractivity contribution in [1.29, 1.82) is 0 Å². The fraction of sp³-hybridized carbons (Fsp3) is 0.571. The maximum absolute atomic E-state index is 9.28. The first kappa shape index (κ1) is 13.3. The van der Waals surface area contributed by atoms with E-state index in [0.717, 1.165) is 25.3 Å². The molecule has 100 valence electrons. The summed E-state index contributed by atoms with van der Waals surface area (Å²) in [7, 11) is 1.67. The van der Waals surface area contributed by atoms with E-state index in [4.69, 9.17) is 9.47 Å². The first-order valence-corrected chi connectivity index (χ1v) is 6.30. The average molecular weight is 251 g/mol. The molecule has 0 spiro atoms. The summed E-state index contributed by atoms with van der Waals surface area (Å²) in [5.74, 6) is 0.887. The summed E-state index contributed by atoms with van der Waals surface area (Å²) in [5, 5.41) is 12.7. The Balaban J connectivity index is 1.68. The molecule has 2 rings (SSSR count). The normalized spacial score (nSPS) is 17.2. The molecule has 1 fully saturated rings. The lowest BCUT2D eigenvalue weighted by Crippen LogP contribution is -2.52. The molecule has 1 aromatic carbocycles. The predicted molar refractivity (Wildman–Crippen MR) is 69.9 cm³/mol. The summed E-state index contributed by atoms with van der Waals surface area (Å²) in [5.41, 5.74) is 1.24. The van der Waals surface area contributed by atoms with E-state index < -0.39 is 0 Å². The molecule has 18 heavy (non-hydrogen) atoms. The van der Waals surface area contributed by atoms with Gasteiger partial charge in [0.25, 0.3) is 0 Å². The third-order valence-corrected chi connectivity index (χ3v) is 3.40. The third-order valence-electron chi connectivity index (χ3n) is 3.40. The van der Waals surface area contributed by atoms with Gasteiger partial charge in [-0.1, -0.05) is 12.1 Å². The highest BCUT2D eigenvalue weighted by Gasteiger charge is 2.37. The number of hydrogen-bond donors (Lipinski definition) is 2. The van der Waals surface area contributed by atoms with E-state index in [2.05, 4.69) is 17.4 Å². The first-order chi connectivity index (χ1) is 8.78. The molecule has 4 nitrogen and oxygen atoms in total. The van der Waals surface area contributed by atoms with Crippen molar-refractivity contribution < 1.29 is 14.6 Å². The van der Waals surface area contributed by atoms with Crippen LogP contribution in [0.25, 0.3) is 0 Å². The Labute approximate surface area is 108 Å². The van der Waals surface area contributed by atoms with Crippen LogP contribution < -0.4 is 10.1 Å². The van der Waals surface area contributed by atoms with Gasteiger partial charge in [0.2, 0.25) is 0 Å². The Morgan fingerprint density at radius 1 is 1.33 bits per heavy atom. The Kier molecular flexibility index (Phi) is 4.58. The van der Waals surface area contributed by atoms with E-state index in [1.165, 1.54) is 5.56 Å². The van der Waals surface area contributed by atoms with Crippen LogP contribution in [-0.4, -0.2) is 45.1 Å². The molecule has 0 radical (unpaired) electrons. The van der Waals surface area contributed by atoms with Gasteiger partial charge in [0.15, 0.2) is 0 Å². The van der Waals surface area contributed by atoms with Gasteiger partial charge in [-0.15, -0.1) is 0 Å². The van der Waals surface area contributed by atoms with Crippen LogP contribution in [0, 0.1) is 5.41 Å². The van der Waals surface area contributed by atoms with Crippen LogP contribution in [0.5, 0.6) is 5.75 Å². The first-order valence-electron chi connectivity index (χ1n) is 6.30. The molecule has 2 N–H and O–H groups in total. The van der Waals surface area contributed by atoms with Crippen molar-refractivity contribution in [2.75, 3.05) is 40.0 Å². The summed E-state index contributed by atoms with van der Waals surface area (Å²) in [6, 6.07) is 8.11. The molecule has 0 bridgehead atoms. The molecule has 1 aromatic rings. The highest BCUT2D eigenvalue weighted by molar-refractivity contribution is 5.27. The average Bonchev–Trinajstić information content (AvgIpc) is 2.38. The van der Waals surface area contributed by atoms with Gasteiger partial charge in [-0.05, 0) is 30.7 Å². The second kappa shape index (κ2) is 6.18. The summed E-state index contributed by atoms with van der Waals surface area (Å²) in [4.78, 5) is 0. The van der Waals surface area contributed by atoms with Crippen LogP contribution in [0.3, 0.4) is 0 Å². The minimum absolute atomic E-state index is 0.0418. The van der Waals surface area contributed by atoms with Gasteiger partial charge in [-0.25, -0.2) is 0 Å². The van der Waals surface area contributed by atoms with Gasteiger partial charge < -0.3 is 19.9 Å². The molecular weight excluding hydrogens is 230 g/mol. The number of nitrogens with one attached hydrogen (secondary N) is 1. The van der Waals surface area contributed by atoms with E-state index in [9.17, 15) is 5.11 Å². The number of aliphatic hydroxyl groups excluding tert-OH is 1. The minimum atomic E-state index is -0.0418. The highest BCUT2D eigenvalue weighted by Crippen LogP contribution is 2.25. The second-order valence-electron chi connectivity index (χ2n) is 4.93. The van der Waals surface area contributed by atoms with Crippen molar-refractivity contribution in [3.63, 3.8) is 0 Å². The smallest absolute Gasteiger partial charge is 0.118 e. The molecule has 0 unspecified atom stereocenters. The molecule has 4 heteroatoms. The van der Waals surface area contributed by atoms with Crippen molar-refractivity contribution in [3.8, 4) is 5.75 Å². The molecule has 1 aliphatic heterocycles. The molecule has 1 aliphatic rings. The number of ether oxygens (including phenoxy) is 2. The number of benzene rings is 1. The van der Waals surface area contributed by atoms with E-state index in [1.807, 2.05) is 12.1 Å². The molecule has 1 heterocycles. The molecule has 0 amide bonds. The lowest BCUT2D eigenvalue weighted by atomic mass is 9.87. The number of aliphatic hydroxyl groups is 1.